The van der Waals surface area contributed by atoms with Crippen molar-refractivity contribution in [1.82, 2.24) is 5.32 Å². The molecule has 1 aliphatic heterocycles. The van der Waals surface area contributed by atoms with E-state index in [4.69, 9.17) is 63.2 Å². The van der Waals surface area contributed by atoms with E-state index in [1.807, 2.05) is 0 Å². The molecule has 334 valence electrons. The second-order valence-electron chi connectivity index (χ2n) is 17.3. The van der Waals surface area contributed by atoms with Gasteiger partial charge < -0.3 is 49.1 Å². The van der Waals surface area contributed by atoms with Crippen molar-refractivity contribution in [3.63, 3.8) is 0 Å². The molecule has 1 unspecified atom stereocenters. The molecular weight excluding hydrogens is 861 g/mol. The number of nitrogens with one attached hydrogen (secondary N) is 1. The van der Waals surface area contributed by atoms with Crippen LogP contribution in [-0.4, -0.2) is 110 Å². The van der Waals surface area contributed by atoms with Crippen molar-refractivity contribution in [1.29, 1.82) is 0 Å². The molecule has 0 bridgehead atoms. The molecule has 2 aromatic carbocycles. The van der Waals surface area contributed by atoms with Crippen LogP contribution >= 0.6 is 34.8 Å². The van der Waals surface area contributed by atoms with Gasteiger partial charge in [0.15, 0.2) is 0 Å². The van der Waals surface area contributed by atoms with Gasteiger partial charge in [0.25, 0.3) is 0 Å². The first-order valence-electron chi connectivity index (χ1n) is 19.6. The number of Topliss-reactive ketones (excluding diaryl/α,β-unsaturated/α-hetero) is 1. The lowest BCUT2D eigenvalue weighted by molar-refractivity contribution is -0.326. The van der Waals surface area contributed by atoms with E-state index in [0.717, 1.165) is 0 Å². The molecule has 0 radical (unpaired) electrons. The van der Waals surface area contributed by atoms with Crippen molar-refractivity contribution < 1.29 is 67.7 Å². The maximum atomic E-state index is 14.8. The molecule has 15 nitrogen and oxygen atoms in total. The van der Waals surface area contributed by atoms with Crippen LogP contribution in [0.3, 0.4) is 0 Å². The van der Waals surface area contributed by atoms with Crippen molar-refractivity contribution >= 4 is 64.8 Å². The van der Waals surface area contributed by atoms with Crippen LogP contribution in [0.5, 0.6) is 0 Å². The lowest BCUT2D eigenvalue weighted by Crippen LogP contribution is -2.76. The number of ketones is 1. The fourth-order valence-corrected chi connectivity index (χ4v) is 8.45. The van der Waals surface area contributed by atoms with Crippen LogP contribution in [0.4, 0.5) is 9.59 Å². The first kappa shape index (κ1) is 48.1. The Morgan fingerprint density at radius 2 is 1.56 bits per heavy atom. The number of hydrogen-bond donors (Lipinski definition) is 4. The second-order valence-corrected chi connectivity index (χ2v) is 19.8. The van der Waals surface area contributed by atoms with Gasteiger partial charge in [0.05, 0.1) is 35.4 Å². The number of benzene rings is 2. The van der Waals surface area contributed by atoms with Gasteiger partial charge in [-0.2, -0.15) is 0 Å². The molecular formula is C43H52Cl3NO14. The van der Waals surface area contributed by atoms with E-state index in [-0.39, 0.29) is 35.3 Å². The minimum absolute atomic E-state index is 0.0996. The Balaban J connectivity index is 1.66. The number of aliphatic hydroxyl groups is 3. The third-order valence-electron chi connectivity index (χ3n) is 11.3. The first-order chi connectivity index (χ1) is 28.2. The van der Waals surface area contributed by atoms with Crippen molar-refractivity contribution in [2.24, 2.45) is 11.3 Å². The number of amides is 1. The van der Waals surface area contributed by atoms with Gasteiger partial charge >= 0.3 is 24.2 Å². The lowest BCUT2D eigenvalue weighted by atomic mass is 9.52. The minimum Gasteiger partial charge on any atom is -0.458 e. The predicted octanol–water partition coefficient (Wildman–Crippen LogP) is 6.25. The summed E-state index contributed by atoms with van der Waals surface area (Å²) in [7, 11) is 0. The quantitative estimate of drug-likeness (QED) is 0.0899. The number of carbonyl (C=O) groups excluding carboxylic acids is 5. The Morgan fingerprint density at radius 3 is 2.10 bits per heavy atom. The highest BCUT2D eigenvalue weighted by Gasteiger charge is 2.70. The number of aliphatic hydroxyl groups excluding tert-OH is 1. The smallest absolute Gasteiger partial charge is 0.458 e. The van der Waals surface area contributed by atoms with E-state index < -0.39 is 118 Å². The zero-order chi connectivity index (χ0) is 45.3. The van der Waals surface area contributed by atoms with Crippen LogP contribution in [0.1, 0.15) is 89.7 Å². The highest BCUT2D eigenvalue weighted by molar-refractivity contribution is 6.67. The summed E-state index contributed by atoms with van der Waals surface area (Å²) in [5.41, 5.74) is -5.72. The molecule has 9 atom stereocenters. The maximum absolute atomic E-state index is 14.8. The van der Waals surface area contributed by atoms with Gasteiger partial charge in [-0.05, 0) is 77.3 Å². The molecule has 2 fully saturated rings. The molecule has 1 amide bonds. The summed E-state index contributed by atoms with van der Waals surface area (Å²) in [6, 6.07) is 14.3. The van der Waals surface area contributed by atoms with Gasteiger partial charge in [0, 0.05) is 25.2 Å². The van der Waals surface area contributed by atoms with Crippen LogP contribution in [-0.2, 0) is 38.0 Å². The highest BCUT2D eigenvalue weighted by Crippen LogP contribution is 2.56. The van der Waals surface area contributed by atoms with Gasteiger partial charge in [0.2, 0.25) is 9.90 Å². The predicted molar refractivity (Wildman–Crippen MR) is 221 cm³/mol. The molecule has 2 aromatic rings. The van der Waals surface area contributed by atoms with E-state index in [9.17, 15) is 39.3 Å². The Morgan fingerprint density at radius 1 is 0.951 bits per heavy atom. The average Bonchev–Trinajstić information content (AvgIpc) is 3.19. The summed E-state index contributed by atoms with van der Waals surface area (Å²) in [4.78, 5) is 70.0. The number of alkyl halides is 3. The van der Waals surface area contributed by atoms with E-state index in [1.165, 1.54) is 52.0 Å². The summed E-state index contributed by atoms with van der Waals surface area (Å²) in [5.74, 6) is -4.06. The number of hydrogen-bond acceptors (Lipinski definition) is 14. The lowest BCUT2D eigenvalue weighted by Gasteiger charge is -2.61. The second kappa shape index (κ2) is 18.4. The van der Waals surface area contributed by atoms with E-state index >= 15 is 0 Å². The standard InChI is InChI=1S/C43H52Cl3NO14/c1-23-26(40(5,6)54)18-29(48)41(7)30(49)20-31-42(55,21-56-31)34(41)28(59-35(50)25-16-12-9-13-17-25)19-27(23)58-36(51)33(60-38(53)57-22-43(44,45)46)32(24-14-10-8-11-15-24)47-37(52)61-39(2,3)4/h8-17,27-28,30-34,49,54-55H,18-22H2,1-7H3,(H,47,52)/b26-23-/t27-,28+,30-,31+,32-,33+,34?,41+,42-/m0/s1. The Bertz CT molecular complexity index is 1980. The minimum atomic E-state index is -2.07. The molecule has 3 aliphatic rings. The number of halogens is 3. The van der Waals surface area contributed by atoms with Crippen molar-refractivity contribution in [2.75, 3.05) is 13.2 Å². The zero-order valence-corrected chi connectivity index (χ0v) is 37.1. The van der Waals surface area contributed by atoms with Gasteiger partial charge in [0.1, 0.15) is 41.8 Å². The summed E-state index contributed by atoms with van der Waals surface area (Å²) in [6.45, 7) is 9.60. The maximum Gasteiger partial charge on any atom is 0.509 e. The molecule has 0 spiro atoms. The number of fused-ring (bicyclic) bond motifs is 3. The van der Waals surface area contributed by atoms with Crippen molar-refractivity contribution in [2.45, 2.75) is 125 Å². The Hall–Kier alpha value is -3.96. The highest BCUT2D eigenvalue weighted by atomic mass is 35.6. The first-order valence-corrected chi connectivity index (χ1v) is 20.8. The summed E-state index contributed by atoms with van der Waals surface area (Å²) in [6.07, 6.45) is -10.9. The number of rotatable bonds is 10. The number of esters is 2. The van der Waals surface area contributed by atoms with Crippen LogP contribution < -0.4 is 5.32 Å². The van der Waals surface area contributed by atoms with Crippen molar-refractivity contribution in [3.05, 3.63) is 82.9 Å². The fourth-order valence-electron chi connectivity index (χ4n) is 8.28. The fraction of sp³-hybridized carbons (Fsp3) is 0.558. The van der Waals surface area contributed by atoms with Gasteiger partial charge in [-0.15, -0.1) is 0 Å². The SMILES string of the molecule is C/C1=C(/C(C)(C)O)CC(=O)[C@@]2(C)C([C@H](OC(=O)c3ccccc3)C[C@@H]1OC(=O)[C@H](OC(=O)OCC(Cl)(Cl)Cl)[C@@H](NC(=O)OC(C)(C)C)c1ccccc1)[C@]1(O)CO[C@@H]1C[C@@H]2O. The van der Waals surface area contributed by atoms with Crippen LogP contribution in [0, 0.1) is 11.3 Å². The van der Waals surface area contributed by atoms with E-state index in [1.54, 1.807) is 57.2 Å². The van der Waals surface area contributed by atoms with Gasteiger partial charge in [-0.1, -0.05) is 83.3 Å². The summed E-state index contributed by atoms with van der Waals surface area (Å²) < 4.78 is 32.1. The van der Waals surface area contributed by atoms with Crippen LogP contribution in [0.15, 0.2) is 71.8 Å². The van der Waals surface area contributed by atoms with Crippen molar-refractivity contribution in [3.8, 4) is 0 Å². The van der Waals surface area contributed by atoms with Gasteiger partial charge in [-0.3, -0.25) is 4.79 Å². The normalized spacial score (nSPS) is 29.1. The monoisotopic (exact) mass is 911 g/mol. The molecule has 5 rings (SSSR count). The zero-order valence-electron chi connectivity index (χ0n) is 34.8. The molecule has 61 heavy (non-hydrogen) atoms. The molecule has 4 N–H and O–H groups in total. The summed E-state index contributed by atoms with van der Waals surface area (Å²) >= 11 is 17.4. The number of ether oxygens (including phenoxy) is 6. The summed E-state index contributed by atoms with van der Waals surface area (Å²) in [5, 5.41) is 38.2. The van der Waals surface area contributed by atoms with Crippen LogP contribution in [0.25, 0.3) is 0 Å². The van der Waals surface area contributed by atoms with Gasteiger partial charge in [-0.25, -0.2) is 19.2 Å². The van der Waals surface area contributed by atoms with E-state index in [2.05, 4.69) is 5.32 Å². The molecule has 18 heteroatoms. The average molecular weight is 913 g/mol. The number of carbonyl (C=O) groups is 5. The van der Waals surface area contributed by atoms with E-state index in [0.29, 0.717) is 0 Å². The largest absolute Gasteiger partial charge is 0.509 e. The molecule has 1 heterocycles. The molecule has 0 aromatic heterocycles. The topological polar surface area (TPSA) is 213 Å². The third kappa shape index (κ3) is 11.2. The number of alkyl carbamates (subject to hydrolysis) is 1. The Labute approximate surface area is 368 Å². The third-order valence-corrected chi connectivity index (χ3v) is 11.6. The molecule has 1 saturated heterocycles. The Kier molecular flexibility index (Phi) is 14.5. The molecule has 2 aliphatic carbocycles. The molecule has 1 saturated carbocycles. The van der Waals surface area contributed by atoms with Crippen LogP contribution in [0.2, 0.25) is 0 Å².